The third-order valence-electron chi connectivity index (χ3n) is 4.06. The molecule has 112 valence electrons. The Morgan fingerprint density at radius 1 is 1.32 bits per heavy atom. The highest BCUT2D eigenvalue weighted by atomic mass is 28.4. The van der Waals surface area contributed by atoms with Crippen LogP contribution in [0.2, 0.25) is 18.1 Å². The predicted molar refractivity (Wildman–Crippen MR) is 87.0 cm³/mol. The van der Waals surface area contributed by atoms with E-state index in [0.717, 1.165) is 18.4 Å². The van der Waals surface area contributed by atoms with Crippen molar-refractivity contribution < 1.29 is 9.53 Å². The highest BCUT2D eigenvalue weighted by Gasteiger charge is 2.36. The molecule has 0 aromatic carbocycles. The van der Waals surface area contributed by atoms with Gasteiger partial charge in [-0.3, -0.25) is 0 Å². The van der Waals surface area contributed by atoms with Crippen LogP contribution in [-0.2, 0) is 4.43 Å². The molecule has 0 aromatic rings. The Morgan fingerprint density at radius 3 is 2.26 bits per heavy atom. The molecule has 0 radical (unpaired) electrons. The zero-order valence-electron chi connectivity index (χ0n) is 13.8. The highest BCUT2D eigenvalue weighted by molar-refractivity contribution is 6.74. The van der Waals surface area contributed by atoms with E-state index < -0.39 is 8.32 Å². The first kappa shape index (κ1) is 18.6. The quantitative estimate of drug-likeness (QED) is 0.543. The number of rotatable bonds is 7. The van der Waals surface area contributed by atoms with E-state index in [1.54, 1.807) is 0 Å². The molecule has 0 spiro atoms. The van der Waals surface area contributed by atoms with Crippen LogP contribution >= 0.6 is 0 Å². The first-order valence-corrected chi connectivity index (χ1v) is 10.0. The van der Waals surface area contributed by atoms with Crippen molar-refractivity contribution in [2.45, 2.75) is 71.7 Å². The molecule has 0 aliphatic heterocycles. The van der Waals surface area contributed by atoms with Crippen LogP contribution in [0.3, 0.4) is 0 Å². The van der Waals surface area contributed by atoms with Crippen LogP contribution in [0.25, 0.3) is 0 Å². The summed E-state index contributed by atoms with van der Waals surface area (Å²) < 4.78 is 6.10. The van der Waals surface area contributed by atoms with Crippen molar-refractivity contribution in [3.63, 3.8) is 0 Å². The summed E-state index contributed by atoms with van der Waals surface area (Å²) >= 11 is 0. The zero-order valence-corrected chi connectivity index (χ0v) is 14.8. The van der Waals surface area contributed by atoms with E-state index in [9.17, 15) is 5.11 Å². The second-order valence-corrected chi connectivity index (χ2v) is 11.8. The summed E-state index contributed by atoms with van der Waals surface area (Å²) in [5.41, 5.74) is 2.12. The van der Waals surface area contributed by atoms with Gasteiger partial charge < -0.3 is 9.53 Å². The number of aliphatic hydroxyl groups excluding tert-OH is 1. The highest BCUT2D eigenvalue weighted by Crippen LogP contribution is 2.36. The average molecular weight is 285 g/mol. The number of hydrogen-bond donors (Lipinski definition) is 1. The molecule has 0 aliphatic rings. The molecule has 1 atom stereocenters. The average Bonchev–Trinajstić information content (AvgIpc) is 2.23. The molecule has 2 nitrogen and oxygen atoms in total. The molecule has 0 amide bonds. The van der Waals surface area contributed by atoms with E-state index >= 15 is 0 Å². The minimum Gasteiger partial charge on any atom is -0.413 e. The molecule has 0 heterocycles. The molecule has 0 aromatic heterocycles. The Bertz CT molecular complexity index is 324. The van der Waals surface area contributed by atoms with Crippen molar-refractivity contribution in [3.05, 3.63) is 23.8 Å². The topological polar surface area (TPSA) is 29.5 Å². The first-order chi connectivity index (χ1) is 8.47. The molecule has 0 bridgehead atoms. The molecule has 0 rings (SSSR count). The molecule has 1 unspecified atom stereocenters. The Balaban J connectivity index is 4.17. The van der Waals surface area contributed by atoms with Gasteiger partial charge in [-0.2, -0.15) is 0 Å². The van der Waals surface area contributed by atoms with Crippen molar-refractivity contribution in [2.24, 2.45) is 0 Å². The lowest BCUT2D eigenvalue weighted by atomic mass is 10.0. The monoisotopic (exact) mass is 284 g/mol. The van der Waals surface area contributed by atoms with Crippen molar-refractivity contribution in [1.82, 2.24) is 0 Å². The number of aliphatic hydroxyl groups is 1. The molecule has 1 N–H and O–H groups in total. The van der Waals surface area contributed by atoms with E-state index in [2.05, 4.69) is 53.4 Å². The van der Waals surface area contributed by atoms with Gasteiger partial charge in [0.15, 0.2) is 8.32 Å². The largest absolute Gasteiger partial charge is 0.413 e. The fourth-order valence-electron chi connectivity index (χ4n) is 1.32. The van der Waals surface area contributed by atoms with Crippen molar-refractivity contribution in [2.75, 3.05) is 6.61 Å². The molecular weight excluding hydrogens is 252 g/mol. The maximum Gasteiger partial charge on any atom is 0.192 e. The molecule has 0 aliphatic carbocycles. The molecular formula is C16H32O2Si. The standard InChI is InChI=1S/C16H32O2Si/c1-13(2)15(17)10-9-14(3)11-12-18-19(7,8)16(4,5)6/h11,15,17H,1,9-10,12H2,2-8H3/b14-11+. The second kappa shape index (κ2) is 7.41. The van der Waals surface area contributed by atoms with Crippen LogP contribution in [0.4, 0.5) is 0 Å². The summed E-state index contributed by atoms with van der Waals surface area (Å²) in [6.45, 7) is 19.7. The van der Waals surface area contributed by atoms with E-state index in [4.69, 9.17) is 4.43 Å². The Labute approximate surface area is 120 Å². The smallest absolute Gasteiger partial charge is 0.192 e. The van der Waals surface area contributed by atoms with Crippen molar-refractivity contribution in [1.29, 1.82) is 0 Å². The minimum absolute atomic E-state index is 0.255. The van der Waals surface area contributed by atoms with Gasteiger partial charge >= 0.3 is 0 Å². The van der Waals surface area contributed by atoms with E-state index in [1.165, 1.54) is 5.57 Å². The van der Waals surface area contributed by atoms with Crippen LogP contribution in [0.1, 0.15) is 47.5 Å². The lowest BCUT2D eigenvalue weighted by molar-refractivity contribution is 0.201. The van der Waals surface area contributed by atoms with Gasteiger partial charge in [-0.15, -0.1) is 0 Å². The Morgan fingerprint density at radius 2 is 1.84 bits per heavy atom. The van der Waals surface area contributed by atoms with Gasteiger partial charge in [0.25, 0.3) is 0 Å². The molecule has 19 heavy (non-hydrogen) atoms. The summed E-state index contributed by atoms with van der Waals surface area (Å²) in [6, 6.07) is 0. The fraction of sp³-hybridized carbons (Fsp3) is 0.750. The summed E-state index contributed by atoms with van der Waals surface area (Å²) in [4.78, 5) is 0. The lowest BCUT2D eigenvalue weighted by Gasteiger charge is -2.35. The van der Waals surface area contributed by atoms with Crippen molar-refractivity contribution in [3.8, 4) is 0 Å². The maximum absolute atomic E-state index is 9.69. The molecule has 0 saturated heterocycles. The van der Waals surface area contributed by atoms with E-state index in [0.29, 0.717) is 6.61 Å². The van der Waals surface area contributed by atoms with Gasteiger partial charge in [-0.05, 0) is 44.8 Å². The molecule has 0 saturated carbocycles. The van der Waals surface area contributed by atoms with Crippen LogP contribution < -0.4 is 0 Å². The van der Waals surface area contributed by atoms with Gasteiger partial charge in [0, 0.05) is 0 Å². The normalized spacial score (nSPS) is 15.5. The van der Waals surface area contributed by atoms with E-state index in [1.807, 2.05) is 6.92 Å². The second-order valence-electron chi connectivity index (χ2n) is 7.02. The van der Waals surface area contributed by atoms with Gasteiger partial charge in [0.1, 0.15) is 0 Å². The lowest BCUT2D eigenvalue weighted by Crippen LogP contribution is -2.40. The molecule has 3 heteroatoms. The third kappa shape index (κ3) is 7.09. The van der Waals surface area contributed by atoms with E-state index in [-0.39, 0.29) is 11.1 Å². The third-order valence-corrected chi connectivity index (χ3v) is 8.56. The van der Waals surface area contributed by atoms with Crippen LogP contribution in [0.15, 0.2) is 23.8 Å². The zero-order chi connectivity index (χ0) is 15.3. The Kier molecular flexibility index (Phi) is 7.26. The summed E-state index contributed by atoms with van der Waals surface area (Å²) in [7, 11) is -1.64. The van der Waals surface area contributed by atoms with Crippen molar-refractivity contribution >= 4 is 8.32 Å². The summed E-state index contributed by atoms with van der Waals surface area (Å²) in [6.07, 6.45) is 3.41. The van der Waals surface area contributed by atoms with Gasteiger partial charge in [-0.1, -0.05) is 44.6 Å². The minimum atomic E-state index is -1.64. The van der Waals surface area contributed by atoms with Gasteiger partial charge in [0.05, 0.1) is 12.7 Å². The SMILES string of the molecule is C=C(C)C(O)CC/C(C)=C/CO[Si](C)(C)C(C)(C)C. The van der Waals surface area contributed by atoms with Gasteiger partial charge in [0.2, 0.25) is 0 Å². The summed E-state index contributed by atoms with van der Waals surface area (Å²) in [5, 5.41) is 9.94. The summed E-state index contributed by atoms with van der Waals surface area (Å²) in [5.74, 6) is 0. The van der Waals surface area contributed by atoms with Crippen LogP contribution in [-0.4, -0.2) is 26.1 Å². The number of allylic oxidation sites excluding steroid dienone is 1. The van der Waals surface area contributed by atoms with Gasteiger partial charge in [-0.25, -0.2) is 0 Å². The van der Waals surface area contributed by atoms with Crippen LogP contribution in [0, 0.1) is 0 Å². The molecule has 0 fully saturated rings. The predicted octanol–water partition coefficient (Wildman–Crippen LogP) is 4.67. The van der Waals surface area contributed by atoms with Crippen LogP contribution in [0.5, 0.6) is 0 Å². The first-order valence-electron chi connectivity index (χ1n) is 7.10. The maximum atomic E-state index is 9.69. The number of hydrogen-bond acceptors (Lipinski definition) is 2. The Hall–Kier alpha value is -0.383. The fourth-order valence-corrected chi connectivity index (χ4v) is 2.25.